The molecule has 0 fully saturated rings. The van der Waals surface area contributed by atoms with E-state index in [0.29, 0.717) is 0 Å². The first-order valence-electron chi connectivity index (χ1n) is 9.49. The highest BCUT2D eigenvalue weighted by Gasteiger charge is 2.40. The molecule has 0 bridgehead atoms. The summed E-state index contributed by atoms with van der Waals surface area (Å²) in [7, 11) is 0. The van der Waals surface area contributed by atoms with Crippen LogP contribution in [0, 0.1) is 0 Å². The Labute approximate surface area is 160 Å². The number of allylic oxidation sites excluding steroid dienone is 2. The van der Waals surface area contributed by atoms with Gasteiger partial charge in [0.2, 0.25) is 0 Å². The molecule has 1 aromatic heterocycles. The van der Waals surface area contributed by atoms with E-state index in [1.165, 1.54) is 0 Å². The maximum absolute atomic E-state index is 13.2. The van der Waals surface area contributed by atoms with Gasteiger partial charge in [-0.25, -0.2) is 0 Å². The molecule has 2 aliphatic carbocycles. The maximum atomic E-state index is 13.2. The molecular formula is C25H14O3. The minimum atomic E-state index is -0.00838. The topological polar surface area (TPSA) is 39.4 Å². The molecule has 3 heteroatoms. The largest absolute Gasteiger partial charge is 0.484 e. The summed E-state index contributed by atoms with van der Waals surface area (Å²) in [5.74, 6) is 1.10. The molecular weight excluding hydrogens is 348 g/mol. The van der Waals surface area contributed by atoms with Crippen LogP contribution in [0.15, 0.2) is 77.3 Å². The maximum Gasteiger partial charge on any atom is 0.194 e. The van der Waals surface area contributed by atoms with Crippen molar-refractivity contribution in [3.63, 3.8) is 0 Å². The Morgan fingerprint density at radius 2 is 1.61 bits per heavy atom. The Balaban J connectivity index is 1.63. The summed E-state index contributed by atoms with van der Waals surface area (Å²) in [6.45, 7) is 0. The quantitative estimate of drug-likeness (QED) is 0.351. The minimum absolute atomic E-state index is 0.00838. The molecule has 0 N–H and O–H groups in total. The monoisotopic (exact) mass is 362 g/mol. The van der Waals surface area contributed by atoms with E-state index in [4.69, 9.17) is 9.15 Å². The van der Waals surface area contributed by atoms with Gasteiger partial charge in [0.1, 0.15) is 23.0 Å². The number of para-hydroxylation sites is 1. The molecule has 3 nitrogen and oxygen atoms in total. The standard InChI is InChI=1S/C25H14O3/c26-24-16-11-12-20-21(15-6-2-4-8-19(15)27-20)22(16)23-17(24)10-9-14-13-5-1-3-7-18(13)28-25(14)23/h1-13,18H/t13-,18?/m1/s1. The molecule has 1 aliphatic heterocycles. The first-order valence-corrected chi connectivity index (χ1v) is 9.49. The number of furan rings is 1. The van der Waals surface area contributed by atoms with Gasteiger partial charge < -0.3 is 9.15 Å². The number of hydrogen-bond donors (Lipinski definition) is 0. The van der Waals surface area contributed by atoms with Crippen LogP contribution in [0.5, 0.6) is 5.75 Å². The summed E-state index contributed by atoms with van der Waals surface area (Å²) < 4.78 is 12.4. The van der Waals surface area contributed by atoms with E-state index in [1.54, 1.807) is 0 Å². The van der Waals surface area contributed by atoms with Gasteiger partial charge in [0.15, 0.2) is 5.78 Å². The number of fused-ring (bicyclic) bond motifs is 11. The molecule has 28 heavy (non-hydrogen) atoms. The zero-order valence-corrected chi connectivity index (χ0v) is 14.8. The van der Waals surface area contributed by atoms with E-state index in [-0.39, 0.29) is 17.8 Å². The van der Waals surface area contributed by atoms with E-state index in [1.807, 2.05) is 42.5 Å². The summed E-state index contributed by atoms with van der Waals surface area (Å²) in [5.41, 5.74) is 6.10. The molecule has 0 saturated heterocycles. The van der Waals surface area contributed by atoms with Gasteiger partial charge in [-0.05, 0) is 30.3 Å². The van der Waals surface area contributed by atoms with Gasteiger partial charge in [-0.15, -0.1) is 0 Å². The Morgan fingerprint density at radius 1 is 0.786 bits per heavy atom. The van der Waals surface area contributed by atoms with Crippen LogP contribution in [0.2, 0.25) is 0 Å². The van der Waals surface area contributed by atoms with Crippen LogP contribution < -0.4 is 4.74 Å². The third-order valence-corrected chi connectivity index (χ3v) is 6.17. The van der Waals surface area contributed by atoms with Crippen LogP contribution >= 0.6 is 0 Å². The van der Waals surface area contributed by atoms with Crippen LogP contribution in [0.25, 0.3) is 33.1 Å². The molecule has 3 aromatic carbocycles. The van der Waals surface area contributed by atoms with Gasteiger partial charge in [-0.1, -0.05) is 42.5 Å². The Hall–Kier alpha value is -3.59. The van der Waals surface area contributed by atoms with Crippen LogP contribution in [0.1, 0.15) is 27.4 Å². The summed E-state index contributed by atoms with van der Waals surface area (Å²) in [6, 6.07) is 15.8. The van der Waals surface area contributed by atoms with Crippen LogP contribution in [0.3, 0.4) is 0 Å². The first-order chi connectivity index (χ1) is 13.8. The fourth-order valence-electron chi connectivity index (χ4n) is 4.95. The summed E-state index contributed by atoms with van der Waals surface area (Å²) >= 11 is 0. The van der Waals surface area contributed by atoms with Crippen molar-refractivity contribution in [2.24, 2.45) is 0 Å². The van der Waals surface area contributed by atoms with Crippen molar-refractivity contribution in [3.8, 4) is 16.9 Å². The van der Waals surface area contributed by atoms with Gasteiger partial charge in [0, 0.05) is 44.5 Å². The third kappa shape index (κ3) is 1.59. The smallest absolute Gasteiger partial charge is 0.194 e. The van der Waals surface area contributed by atoms with Crippen molar-refractivity contribution in [1.29, 1.82) is 0 Å². The van der Waals surface area contributed by atoms with Crippen molar-refractivity contribution in [3.05, 3.63) is 89.5 Å². The number of rotatable bonds is 0. The highest BCUT2D eigenvalue weighted by Crippen LogP contribution is 2.54. The average molecular weight is 362 g/mol. The Bertz CT molecular complexity index is 1420. The molecule has 1 unspecified atom stereocenters. The zero-order valence-electron chi connectivity index (χ0n) is 14.8. The average Bonchev–Trinajstić information content (AvgIpc) is 3.37. The van der Waals surface area contributed by atoms with Crippen molar-refractivity contribution in [1.82, 2.24) is 0 Å². The first kappa shape index (κ1) is 14.5. The number of carbonyl (C=O) groups is 1. The molecule has 3 aliphatic rings. The molecule has 7 rings (SSSR count). The number of carbonyl (C=O) groups excluding carboxylic acids is 1. The zero-order chi connectivity index (χ0) is 18.4. The number of ketones is 1. The molecule has 0 spiro atoms. The predicted molar refractivity (Wildman–Crippen MR) is 108 cm³/mol. The molecule has 0 saturated carbocycles. The van der Waals surface area contributed by atoms with Crippen molar-refractivity contribution < 1.29 is 13.9 Å². The lowest BCUT2D eigenvalue weighted by molar-refractivity contribution is 0.104. The lowest BCUT2D eigenvalue weighted by Gasteiger charge is -2.14. The second-order valence-electron chi connectivity index (χ2n) is 7.57. The highest BCUT2D eigenvalue weighted by molar-refractivity contribution is 6.29. The fourth-order valence-corrected chi connectivity index (χ4v) is 4.95. The van der Waals surface area contributed by atoms with E-state index in [2.05, 4.69) is 30.4 Å². The Morgan fingerprint density at radius 3 is 2.57 bits per heavy atom. The van der Waals surface area contributed by atoms with Crippen LogP contribution in [0.4, 0.5) is 0 Å². The second-order valence-corrected chi connectivity index (χ2v) is 7.57. The van der Waals surface area contributed by atoms with Gasteiger partial charge in [-0.2, -0.15) is 0 Å². The lowest BCUT2D eigenvalue weighted by Crippen LogP contribution is -2.15. The molecule has 0 amide bonds. The van der Waals surface area contributed by atoms with Gasteiger partial charge in [0.05, 0.1) is 0 Å². The minimum Gasteiger partial charge on any atom is -0.484 e. The SMILES string of the molecule is O=C1c2ccc3c(c2-c2c1ccc1oc4ccccc4c21)OC1C=CC=C[C@H]31. The molecule has 4 aromatic rings. The Kier molecular flexibility index (Phi) is 2.49. The summed E-state index contributed by atoms with van der Waals surface area (Å²) in [5, 5.41) is 2.03. The van der Waals surface area contributed by atoms with E-state index < -0.39 is 0 Å². The number of ether oxygens (including phenoxy) is 1. The van der Waals surface area contributed by atoms with Gasteiger partial charge >= 0.3 is 0 Å². The fraction of sp³-hybridized carbons (Fsp3) is 0.0800. The van der Waals surface area contributed by atoms with E-state index in [0.717, 1.165) is 55.5 Å². The third-order valence-electron chi connectivity index (χ3n) is 6.17. The van der Waals surface area contributed by atoms with Gasteiger partial charge in [0.25, 0.3) is 0 Å². The molecule has 2 heterocycles. The summed E-state index contributed by atoms with van der Waals surface area (Å²) in [6.07, 6.45) is 8.34. The van der Waals surface area contributed by atoms with Crippen molar-refractivity contribution in [2.75, 3.05) is 0 Å². The normalized spacial score (nSPS) is 20.9. The van der Waals surface area contributed by atoms with Crippen LogP contribution in [-0.4, -0.2) is 11.9 Å². The van der Waals surface area contributed by atoms with Gasteiger partial charge in [-0.3, -0.25) is 4.79 Å². The summed E-state index contributed by atoms with van der Waals surface area (Å²) in [4.78, 5) is 13.2. The van der Waals surface area contributed by atoms with Crippen molar-refractivity contribution in [2.45, 2.75) is 12.0 Å². The molecule has 132 valence electrons. The molecule has 2 atom stereocenters. The second kappa shape index (κ2) is 4.82. The van der Waals surface area contributed by atoms with Crippen molar-refractivity contribution >= 4 is 27.7 Å². The lowest BCUT2D eigenvalue weighted by atomic mass is 9.89. The molecule has 0 radical (unpaired) electrons. The number of benzene rings is 3. The van der Waals surface area contributed by atoms with E-state index >= 15 is 0 Å². The highest BCUT2D eigenvalue weighted by atomic mass is 16.5. The predicted octanol–water partition coefficient (Wildman–Crippen LogP) is 5.77. The number of hydrogen-bond acceptors (Lipinski definition) is 3. The van der Waals surface area contributed by atoms with E-state index in [9.17, 15) is 4.79 Å². The van der Waals surface area contributed by atoms with Crippen LogP contribution in [-0.2, 0) is 0 Å².